The first-order valence-corrected chi connectivity index (χ1v) is 5.48. The van der Waals surface area contributed by atoms with Crippen LogP contribution in [0, 0.1) is 0 Å². The van der Waals surface area contributed by atoms with Gasteiger partial charge in [-0.3, -0.25) is 0 Å². The van der Waals surface area contributed by atoms with Crippen molar-refractivity contribution >= 4 is 24.2 Å². The number of thiol groups is 1. The standard InChI is InChI=1S/C9H9ClF3NO2S/c10-8-5(9(11,12)13)1-4(2-14-8)7(16)6(15)3-17/h1-2,6-7,15-17H,3H2. The Hall–Kier alpha value is -0.500. The largest absolute Gasteiger partial charge is 0.419 e. The summed E-state index contributed by atoms with van der Waals surface area (Å²) in [5, 5.41) is 18.1. The second-order valence-electron chi connectivity index (χ2n) is 3.30. The van der Waals surface area contributed by atoms with Gasteiger partial charge in [-0.15, -0.1) is 0 Å². The summed E-state index contributed by atoms with van der Waals surface area (Å²) in [6, 6.07) is 0.659. The third kappa shape index (κ3) is 3.48. The highest BCUT2D eigenvalue weighted by atomic mass is 35.5. The molecule has 1 heterocycles. The first-order valence-electron chi connectivity index (χ1n) is 4.47. The van der Waals surface area contributed by atoms with Crippen LogP contribution in [0.15, 0.2) is 12.3 Å². The van der Waals surface area contributed by atoms with Gasteiger partial charge in [0.15, 0.2) is 0 Å². The average molecular weight is 288 g/mol. The average Bonchev–Trinajstić information content (AvgIpc) is 2.26. The molecule has 0 bridgehead atoms. The van der Waals surface area contributed by atoms with Crippen molar-refractivity contribution in [3.63, 3.8) is 0 Å². The molecular weight excluding hydrogens is 279 g/mol. The Morgan fingerprint density at radius 3 is 2.47 bits per heavy atom. The van der Waals surface area contributed by atoms with E-state index in [1.807, 2.05) is 0 Å². The summed E-state index contributed by atoms with van der Waals surface area (Å²) < 4.78 is 37.5. The van der Waals surface area contributed by atoms with Crippen LogP contribution < -0.4 is 0 Å². The van der Waals surface area contributed by atoms with Crippen molar-refractivity contribution in [2.45, 2.75) is 18.4 Å². The molecule has 2 N–H and O–H groups in total. The molecular formula is C9H9ClF3NO2S. The van der Waals surface area contributed by atoms with Crippen molar-refractivity contribution < 1.29 is 23.4 Å². The van der Waals surface area contributed by atoms with Crippen LogP contribution in [0.1, 0.15) is 17.2 Å². The number of hydrogen-bond acceptors (Lipinski definition) is 4. The van der Waals surface area contributed by atoms with Gasteiger partial charge in [0.25, 0.3) is 0 Å². The van der Waals surface area contributed by atoms with Gasteiger partial charge < -0.3 is 10.2 Å². The van der Waals surface area contributed by atoms with Crippen LogP contribution in [-0.2, 0) is 6.18 Å². The van der Waals surface area contributed by atoms with Crippen molar-refractivity contribution in [2.75, 3.05) is 5.75 Å². The SMILES string of the molecule is OC(CS)C(O)c1cnc(Cl)c(C(F)(F)F)c1. The predicted molar refractivity (Wildman–Crippen MR) is 59.1 cm³/mol. The summed E-state index contributed by atoms with van der Waals surface area (Å²) in [6.07, 6.45) is -6.44. The van der Waals surface area contributed by atoms with Gasteiger partial charge in [0.05, 0.1) is 11.7 Å². The van der Waals surface area contributed by atoms with Gasteiger partial charge in [-0.2, -0.15) is 25.8 Å². The highest BCUT2D eigenvalue weighted by Crippen LogP contribution is 2.35. The number of hydrogen-bond donors (Lipinski definition) is 3. The molecule has 0 radical (unpaired) electrons. The smallest absolute Gasteiger partial charge is 0.389 e. The van der Waals surface area contributed by atoms with Crippen LogP contribution in [-0.4, -0.2) is 27.1 Å². The monoisotopic (exact) mass is 287 g/mol. The Kier molecular flexibility index (Phi) is 4.65. The van der Waals surface area contributed by atoms with Gasteiger partial charge in [-0.1, -0.05) is 11.6 Å². The Morgan fingerprint density at radius 1 is 1.41 bits per heavy atom. The molecule has 0 aliphatic heterocycles. The lowest BCUT2D eigenvalue weighted by Crippen LogP contribution is -2.20. The summed E-state index contributed by atoms with van der Waals surface area (Å²) >= 11 is 9.04. The third-order valence-corrected chi connectivity index (χ3v) is 2.73. The minimum atomic E-state index is -4.66. The van der Waals surface area contributed by atoms with E-state index >= 15 is 0 Å². The highest BCUT2D eigenvalue weighted by molar-refractivity contribution is 7.80. The van der Waals surface area contributed by atoms with Crippen LogP contribution in [0.3, 0.4) is 0 Å². The number of aliphatic hydroxyl groups is 2. The molecule has 1 rings (SSSR count). The van der Waals surface area contributed by atoms with E-state index in [2.05, 4.69) is 17.6 Å². The van der Waals surface area contributed by atoms with Crippen LogP contribution in [0.5, 0.6) is 0 Å². The summed E-state index contributed by atoms with van der Waals surface area (Å²) in [5.41, 5.74) is -1.31. The molecule has 0 amide bonds. The van der Waals surface area contributed by atoms with Crippen molar-refractivity contribution in [3.8, 4) is 0 Å². The topological polar surface area (TPSA) is 53.4 Å². The summed E-state index contributed by atoms with van der Waals surface area (Å²) in [4.78, 5) is 3.33. The Morgan fingerprint density at radius 2 is 2.00 bits per heavy atom. The molecule has 0 aliphatic carbocycles. The van der Waals surface area contributed by atoms with Gasteiger partial charge in [0.1, 0.15) is 11.3 Å². The molecule has 0 aromatic carbocycles. The number of pyridine rings is 1. The lowest BCUT2D eigenvalue weighted by Gasteiger charge is -2.17. The minimum absolute atomic E-state index is 0.0921. The third-order valence-electron chi connectivity index (χ3n) is 2.06. The number of aliphatic hydroxyl groups excluding tert-OH is 2. The van der Waals surface area contributed by atoms with Crippen molar-refractivity contribution in [2.24, 2.45) is 0 Å². The Labute approximate surface area is 106 Å². The zero-order valence-corrected chi connectivity index (χ0v) is 9.97. The fourth-order valence-corrected chi connectivity index (χ4v) is 1.56. The highest BCUT2D eigenvalue weighted by Gasteiger charge is 2.35. The number of rotatable bonds is 3. The van der Waals surface area contributed by atoms with E-state index in [9.17, 15) is 23.4 Å². The molecule has 8 heteroatoms. The Balaban J connectivity index is 3.13. The van der Waals surface area contributed by atoms with Crippen molar-refractivity contribution in [1.82, 2.24) is 4.98 Å². The van der Waals surface area contributed by atoms with Crippen molar-refractivity contribution in [3.05, 3.63) is 28.5 Å². The predicted octanol–water partition coefficient (Wildman–Crippen LogP) is 2.08. The Bertz CT molecular complexity index is 402. The van der Waals surface area contributed by atoms with Gasteiger partial charge in [-0.25, -0.2) is 4.98 Å². The maximum atomic E-state index is 12.5. The molecule has 3 nitrogen and oxygen atoms in total. The molecule has 96 valence electrons. The molecule has 0 aliphatic rings. The molecule has 2 atom stereocenters. The summed E-state index contributed by atoms with van der Waals surface area (Å²) in [7, 11) is 0. The van der Waals surface area contributed by atoms with E-state index in [4.69, 9.17) is 11.6 Å². The number of aromatic nitrogens is 1. The lowest BCUT2D eigenvalue weighted by molar-refractivity contribution is -0.137. The van der Waals surface area contributed by atoms with Crippen LogP contribution >= 0.6 is 24.2 Å². The second kappa shape index (κ2) is 5.43. The van der Waals surface area contributed by atoms with E-state index in [0.717, 1.165) is 6.20 Å². The molecule has 1 aromatic rings. The summed E-state index contributed by atoms with van der Waals surface area (Å²) in [6.45, 7) is 0. The molecule has 0 spiro atoms. The molecule has 2 unspecified atom stereocenters. The number of halogens is 4. The van der Waals surface area contributed by atoms with E-state index < -0.39 is 29.1 Å². The van der Waals surface area contributed by atoms with Gasteiger partial charge in [0, 0.05) is 17.5 Å². The van der Waals surface area contributed by atoms with Crippen LogP contribution in [0.2, 0.25) is 5.15 Å². The maximum Gasteiger partial charge on any atom is 0.419 e. The normalized spacial score (nSPS) is 15.7. The first kappa shape index (κ1) is 14.6. The van der Waals surface area contributed by atoms with Crippen molar-refractivity contribution in [1.29, 1.82) is 0 Å². The molecule has 0 fully saturated rings. The maximum absolute atomic E-state index is 12.5. The van der Waals surface area contributed by atoms with Gasteiger partial charge in [0.2, 0.25) is 0 Å². The fraction of sp³-hybridized carbons (Fsp3) is 0.444. The molecule has 17 heavy (non-hydrogen) atoms. The lowest BCUT2D eigenvalue weighted by atomic mass is 10.1. The van der Waals surface area contributed by atoms with E-state index in [1.54, 1.807) is 0 Å². The fourth-order valence-electron chi connectivity index (χ4n) is 1.15. The van der Waals surface area contributed by atoms with Crippen LogP contribution in [0.4, 0.5) is 13.2 Å². The quantitative estimate of drug-likeness (QED) is 0.589. The zero-order chi connectivity index (χ0) is 13.2. The number of nitrogens with zero attached hydrogens (tertiary/aromatic N) is 1. The van der Waals surface area contributed by atoms with E-state index in [1.165, 1.54) is 0 Å². The van der Waals surface area contributed by atoms with E-state index in [-0.39, 0.29) is 11.3 Å². The zero-order valence-electron chi connectivity index (χ0n) is 8.32. The first-order chi connectivity index (χ1) is 7.77. The van der Waals surface area contributed by atoms with Gasteiger partial charge in [-0.05, 0) is 6.07 Å². The van der Waals surface area contributed by atoms with Gasteiger partial charge >= 0.3 is 6.18 Å². The molecule has 0 saturated heterocycles. The number of alkyl halides is 3. The molecule has 1 aromatic heterocycles. The van der Waals surface area contributed by atoms with E-state index in [0.29, 0.717) is 6.07 Å². The van der Waals surface area contributed by atoms with Crippen LogP contribution in [0.25, 0.3) is 0 Å². The molecule has 0 saturated carbocycles. The second-order valence-corrected chi connectivity index (χ2v) is 4.02. The minimum Gasteiger partial charge on any atom is -0.389 e. The summed E-state index contributed by atoms with van der Waals surface area (Å²) in [5.74, 6) is -0.0921.